The van der Waals surface area contributed by atoms with Crippen molar-refractivity contribution in [2.75, 3.05) is 6.54 Å². The molecule has 1 heterocycles. The van der Waals surface area contributed by atoms with Crippen molar-refractivity contribution < 1.29 is 4.79 Å². The summed E-state index contributed by atoms with van der Waals surface area (Å²) in [6.45, 7) is 1.10. The van der Waals surface area contributed by atoms with E-state index in [0.29, 0.717) is 13.1 Å². The van der Waals surface area contributed by atoms with E-state index >= 15 is 0 Å². The monoisotopic (exact) mass is 266 g/mol. The van der Waals surface area contributed by atoms with Crippen LogP contribution in [0.1, 0.15) is 44.1 Å². The molecule has 0 bridgehead atoms. The van der Waals surface area contributed by atoms with Crippen LogP contribution in [0, 0.1) is 5.41 Å². The molecule has 3 nitrogen and oxygen atoms in total. The zero-order chi connectivity index (χ0) is 12.8. The first-order valence-electron chi connectivity index (χ1n) is 6.76. The summed E-state index contributed by atoms with van der Waals surface area (Å²) >= 11 is 1.66. The lowest BCUT2D eigenvalue weighted by Gasteiger charge is -2.29. The SMILES string of the molecule is NCC1(C(=O)NCc2ccsc2)CCCCCC1. The van der Waals surface area contributed by atoms with Gasteiger partial charge in [-0.2, -0.15) is 11.3 Å². The molecule has 0 radical (unpaired) electrons. The summed E-state index contributed by atoms with van der Waals surface area (Å²) in [4.78, 5) is 12.4. The molecule has 0 aliphatic heterocycles. The number of thiophene rings is 1. The standard InChI is InChI=1S/C14H22N2OS/c15-11-14(6-3-1-2-4-7-14)13(17)16-9-12-5-8-18-10-12/h5,8,10H,1-4,6-7,9,11,15H2,(H,16,17). The molecule has 0 atom stereocenters. The van der Waals surface area contributed by atoms with E-state index < -0.39 is 0 Å². The van der Waals surface area contributed by atoms with Crippen molar-refractivity contribution in [2.45, 2.75) is 45.1 Å². The van der Waals surface area contributed by atoms with Gasteiger partial charge in [0.2, 0.25) is 5.91 Å². The number of nitrogens with two attached hydrogens (primary N) is 1. The van der Waals surface area contributed by atoms with E-state index in [9.17, 15) is 4.79 Å². The summed E-state index contributed by atoms with van der Waals surface area (Å²) in [6, 6.07) is 2.05. The molecular weight excluding hydrogens is 244 g/mol. The number of amides is 1. The van der Waals surface area contributed by atoms with Gasteiger partial charge in [0, 0.05) is 13.1 Å². The van der Waals surface area contributed by atoms with Gasteiger partial charge in [-0.3, -0.25) is 4.79 Å². The van der Waals surface area contributed by atoms with Crippen molar-refractivity contribution in [3.05, 3.63) is 22.4 Å². The largest absolute Gasteiger partial charge is 0.351 e. The molecule has 4 heteroatoms. The molecule has 2 rings (SSSR count). The molecule has 1 aromatic heterocycles. The third-order valence-corrected chi connectivity index (χ3v) is 4.70. The average Bonchev–Trinajstić information content (AvgIpc) is 2.79. The third-order valence-electron chi connectivity index (χ3n) is 3.97. The molecule has 1 saturated carbocycles. The van der Waals surface area contributed by atoms with E-state index in [1.807, 2.05) is 11.4 Å². The number of carbonyl (C=O) groups is 1. The van der Waals surface area contributed by atoms with Crippen LogP contribution in [-0.2, 0) is 11.3 Å². The Labute approximate surface area is 113 Å². The maximum Gasteiger partial charge on any atom is 0.227 e. The molecule has 0 aromatic carbocycles. The predicted octanol–water partition coefficient (Wildman–Crippen LogP) is 2.66. The van der Waals surface area contributed by atoms with Crippen LogP contribution in [-0.4, -0.2) is 12.5 Å². The van der Waals surface area contributed by atoms with Crippen LogP contribution in [0.5, 0.6) is 0 Å². The van der Waals surface area contributed by atoms with Crippen molar-refractivity contribution in [2.24, 2.45) is 11.1 Å². The highest BCUT2D eigenvalue weighted by atomic mass is 32.1. The molecule has 100 valence electrons. The Morgan fingerprint density at radius 1 is 1.33 bits per heavy atom. The second-order valence-corrected chi connectivity index (χ2v) is 5.99. The lowest BCUT2D eigenvalue weighted by atomic mass is 9.79. The predicted molar refractivity (Wildman–Crippen MR) is 75.4 cm³/mol. The van der Waals surface area contributed by atoms with Crippen LogP contribution in [0.15, 0.2) is 16.8 Å². The maximum absolute atomic E-state index is 12.4. The van der Waals surface area contributed by atoms with E-state index in [-0.39, 0.29) is 11.3 Å². The minimum atomic E-state index is -0.313. The van der Waals surface area contributed by atoms with E-state index in [1.165, 1.54) is 18.4 Å². The normalized spacial score (nSPS) is 19.2. The Bertz CT molecular complexity index is 367. The van der Waals surface area contributed by atoms with Gasteiger partial charge in [-0.15, -0.1) is 0 Å². The van der Waals surface area contributed by atoms with Crippen molar-refractivity contribution in [1.82, 2.24) is 5.32 Å². The highest BCUT2D eigenvalue weighted by molar-refractivity contribution is 7.07. The summed E-state index contributed by atoms with van der Waals surface area (Å²) in [5, 5.41) is 7.17. The second kappa shape index (κ2) is 6.34. The summed E-state index contributed by atoms with van der Waals surface area (Å²) in [7, 11) is 0. The molecule has 3 N–H and O–H groups in total. The van der Waals surface area contributed by atoms with Crippen molar-refractivity contribution >= 4 is 17.2 Å². The second-order valence-electron chi connectivity index (χ2n) is 5.21. The Hall–Kier alpha value is -0.870. The Kier molecular flexibility index (Phi) is 4.78. The number of rotatable bonds is 4. The van der Waals surface area contributed by atoms with Crippen LogP contribution >= 0.6 is 11.3 Å². The zero-order valence-electron chi connectivity index (χ0n) is 10.8. The van der Waals surface area contributed by atoms with Gasteiger partial charge in [0.15, 0.2) is 0 Å². The van der Waals surface area contributed by atoms with Gasteiger partial charge in [-0.05, 0) is 35.2 Å². The van der Waals surface area contributed by atoms with Gasteiger partial charge in [0.05, 0.1) is 5.41 Å². The fourth-order valence-corrected chi connectivity index (χ4v) is 3.36. The van der Waals surface area contributed by atoms with Gasteiger partial charge in [-0.25, -0.2) is 0 Å². The fourth-order valence-electron chi connectivity index (χ4n) is 2.69. The van der Waals surface area contributed by atoms with Gasteiger partial charge in [0.1, 0.15) is 0 Å². The van der Waals surface area contributed by atoms with E-state index in [0.717, 1.165) is 25.7 Å². The van der Waals surface area contributed by atoms with Gasteiger partial charge in [0.25, 0.3) is 0 Å². The van der Waals surface area contributed by atoms with Crippen LogP contribution < -0.4 is 11.1 Å². The summed E-state index contributed by atoms with van der Waals surface area (Å²) < 4.78 is 0. The minimum absolute atomic E-state index is 0.151. The fraction of sp³-hybridized carbons (Fsp3) is 0.643. The first-order chi connectivity index (χ1) is 8.77. The molecule has 0 saturated heterocycles. The molecule has 1 aliphatic carbocycles. The van der Waals surface area contributed by atoms with Crippen LogP contribution in [0.25, 0.3) is 0 Å². The van der Waals surface area contributed by atoms with Gasteiger partial charge in [-0.1, -0.05) is 25.7 Å². The van der Waals surface area contributed by atoms with Crippen molar-refractivity contribution in [3.8, 4) is 0 Å². The molecule has 0 spiro atoms. The van der Waals surface area contributed by atoms with Gasteiger partial charge < -0.3 is 11.1 Å². The smallest absolute Gasteiger partial charge is 0.227 e. The van der Waals surface area contributed by atoms with E-state index in [1.54, 1.807) is 11.3 Å². The van der Waals surface area contributed by atoms with E-state index in [4.69, 9.17) is 5.73 Å². The zero-order valence-corrected chi connectivity index (χ0v) is 11.6. The number of hydrogen-bond acceptors (Lipinski definition) is 3. The Morgan fingerprint density at radius 2 is 2.06 bits per heavy atom. The maximum atomic E-state index is 12.4. The molecule has 1 amide bonds. The molecular formula is C14H22N2OS. The first kappa shape index (κ1) is 13.6. The molecule has 18 heavy (non-hydrogen) atoms. The topological polar surface area (TPSA) is 55.1 Å². The number of carbonyl (C=O) groups excluding carboxylic acids is 1. The highest BCUT2D eigenvalue weighted by Crippen LogP contribution is 2.34. The minimum Gasteiger partial charge on any atom is -0.351 e. The van der Waals surface area contributed by atoms with Crippen LogP contribution in [0.4, 0.5) is 0 Å². The third kappa shape index (κ3) is 3.12. The Balaban J connectivity index is 1.95. The average molecular weight is 266 g/mol. The molecule has 1 aromatic rings. The first-order valence-corrected chi connectivity index (χ1v) is 7.71. The van der Waals surface area contributed by atoms with Gasteiger partial charge >= 0.3 is 0 Å². The number of nitrogens with one attached hydrogen (secondary N) is 1. The summed E-state index contributed by atoms with van der Waals surface area (Å²) in [5.41, 5.74) is 6.76. The highest BCUT2D eigenvalue weighted by Gasteiger charge is 2.36. The Morgan fingerprint density at radius 3 is 2.61 bits per heavy atom. The number of hydrogen-bond donors (Lipinski definition) is 2. The van der Waals surface area contributed by atoms with Crippen molar-refractivity contribution in [3.63, 3.8) is 0 Å². The van der Waals surface area contributed by atoms with Crippen LogP contribution in [0.2, 0.25) is 0 Å². The summed E-state index contributed by atoms with van der Waals surface area (Å²) in [5.74, 6) is 0.151. The van der Waals surface area contributed by atoms with Crippen molar-refractivity contribution in [1.29, 1.82) is 0 Å². The lowest BCUT2D eigenvalue weighted by Crippen LogP contribution is -2.45. The lowest BCUT2D eigenvalue weighted by molar-refractivity contribution is -0.131. The molecule has 1 fully saturated rings. The quantitative estimate of drug-likeness (QED) is 0.823. The summed E-state index contributed by atoms with van der Waals surface area (Å²) in [6.07, 6.45) is 6.61. The van der Waals surface area contributed by atoms with Crippen LogP contribution in [0.3, 0.4) is 0 Å². The molecule has 0 unspecified atom stereocenters. The van der Waals surface area contributed by atoms with E-state index in [2.05, 4.69) is 10.7 Å². The molecule has 1 aliphatic rings.